The fourth-order valence-electron chi connectivity index (χ4n) is 2.80. The number of benzene rings is 1. The molecule has 1 unspecified atom stereocenters. The van der Waals surface area contributed by atoms with Crippen LogP contribution >= 0.6 is 0 Å². The summed E-state index contributed by atoms with van der Waals surface area (Å²) in [6, 6.07) is 11.3. The summed E-state index contributed by atoms with van der Waals surface area (Å²) in [5.74, 6) is 1.49. The average Bonchev–Trinajstić information content (AvgIpc) is 3.14. The Kier molecular flexibility index (Phi) is 5.80. The van der Waals surface area contributed by atoms with E-state index in [9.17, 15) is 4.79 Å². The van der Waals surface area contributed by atoms with Gasteiger partial charge in [0.1, 0.15) is 12.4 Å². The van der Waals surface area contributed by atoms with Gasteiger partial charge in [0.25, 0.3) is 0 Å². The van der Waals surface area contributed by atoms with E-state index in [0.29, 0.717) is 18.9 Å². The van der Waals surface area contributed by atoms with Crippen molar-refractivity contribution >= 4 is 11.6 Å². The first-order valence-corrected chi connectivity index (χ1v) is 8.42. The zero-order chi connectivity index (χ0) is 16.6. The second kappa shape index (κ2) is 8.45. The fourth-order valence-corrected chi connectivity index (χ4v) is 2.80. The van der Waals surface area contributed by atoms with Crippen LogP contribution in [0.15, 0.2) is 48.8 Å². The highest BCUT2D eigenvalue weighted by atomic mass is 16.5. The summed E-state index contributed by atoms with van der Waals surface area (Å²) >= 11 is 0. The van der Waals surface area contributed by atoms with Crippen molar-refractivity contribution in [1.82, 2.24) is 10.3 Å². The summed E-state index contributed by atoms with van der Waals surface area (Å²) in [6.45, 7) is 2.62. The Morgan fingerprint density at radius 3 is 2.71 bits per heavy atom. The lowest BCUT2D eigenvalue weighted by Gasteiger charge is -2.10. The SMILES string of the molecule is O=C(CCC1CCNC1)Nc1ccc(OCc2ccncc2)cc1. The molecule has 1 saturated heterocycles. The molecule has 1 aliphatic heterocycles. The number of nitrogens with zero attached hydrogens (tertiary/aromatic N) is 1. The molecule has 1 fully saturated rings. The number of carbonyl (C=O) groups excluding carboxylic acids is 1. The topological polar surface area (TPSA) is 63.2 Å². The lowest BCUT2D eigenvalue weighted by Crippen LogP contribution is -2.14. The van der Waals surface area contributed by atoms with E-state index in [4.69, 9.17) is 4.74 Å². The fraction of sp³-hybridized carbons (Fsp3) is 0.368. The monoisotopic (exact) mass is 325 g/mol. The molecular weight excluding hydrogens is 302 g/mol. The number of pyridine rings is 1. The van der Waals surface area contributed by atoms with Crippen molar-refractivity contribution in [2.75, 3.05) is 18.4 Å². The van der Waals surface area contributed by atoms with Gasteiger partial charge in [0.15, 0.2) is 0 Å². The molecule has 2 aromatic rings. The Balaban J connectivity index is 1.42. The van der Waals surface area contributed by atoms with Gasteiger partial charge in [0.2, 0.25) is 5.91 Å². The van der Waals surface area contributed by atoms with Gasteiger partial charge in [-0.2, -0.15) is 0 Å². The van der Waals surface area contributed by atoms with Gasteiger partial charge < -0.3 is 15.4 Å². The zero-order valence-electron chi connectivity index (χ0n) is 13.7. The molecule has 1 amide bonds. The maximum atomic E-state index is 12.0. The Bertz CT molecular complexity index is 637. The molecule has 3 rings (SSSR count). The quantitative estimate of drug-likeness (QED) is 0.821. The number of nitrogens with one attached hydrogen (secondary N) is 2. The predicted molar refractivity (Wildman–Crippen MR) is 93.9 cm³/mol. The molecular formula is C19H23N3O2. The number of hydrogen-bond donors (Lipinski definition) is 2. The average molecular weight is 325 g/mol. The molecule has 24 heavy (non-hydrogen) atoms. The number of amides is 1. The summed E-state index contributed by atoms with van der Waals surface area (Å²) in [7, 11) is 0. The van der Waals surface area contributed by atoms with Crippen molar-refractivity contribution in [1.29, 1.82) is 0 Å². The number of carbonyl (C=O) groups is 1. The van der Waals surface area contributed by atoms with Gasteiger partial charge in [-0.15, -0.1) is 0 Å². The molecule has 0 aliphatic carbocycles. The van der Waals surface area contributed by atoms with Crippen molar-refractivity contribution in [3.05, 3.63) is 54.4 Å². The zero-order valence-corrected chi connectivity index (χ0v) is 13.7. The third-order valence-corrected chi connectivity index (χ3v) is 4.23. The van der Waals surface area contributed by atoms with Crippen molar-refractivity contribution in [2.24, 2.45) is 5.92 Å². The minimum Gasteiger partial charge on any atom is -0.489 e. The molecule has 126 valence electrons. The van der Waals surface area contributed by atoms with Gasteiger partial charge in [0.05, 0.1) is 0 Å². The lowest BCUT2D eigenvalue weighted by molar-refractivity contribution is -0.116. The molecule has 1 aromatic carbocycles. The molecule has 1 aromatic heterocycles. The Morgan fingerprint density at radius 2 is 2.00 bits per heavy atom. The van der Waals surface area contributed by atoms with Crippen LogP contribution in [0.5, 0.6) is 5.75 Å². The first-order chi connectivity index (χ1) is 11.8. The first kappa shape index (κ1) is 16.5. The minimum absolute atomic E-state index is 0.0763. The molecule has 5 heteroatoms. The molecule has 2 heterocycles. The summed E-state index contributed by atoms with van der Waals surface area (Å²) in [5, 5.41) is 6.27. The van der Waals surface area contributed by atoms with E-state index in [1.807, 2.05) is 36.4 Å². The van der Waals surface area contributed by atoms with Crippen LogP contribution < -0.4 is 15.4 Å². The van der Waals surface area contributed by atoms with Gasteiger partial charge in [-0.05, 0) is 73.8 Å². The van der Waals surface area contributed by atoms with Crippen LogP contribution in [0.4, 0.5) is 5.69 Å². The van der Waals surface area contributed by atoms with E-state index in [1.54, 1.807) is 12.4 Å². The molecule has 2 N–H and O–H groups in total. The normalized spacial score (nSPS) is 16.8. The molecule has 0 radical (unpaired) electrons. The maximum absolute atomic E-state index is 12.0. The first-order valence-electron chi connectivity index (χ1n) is 8.42. The van der Waals surface area contributed by atoms with Crippen LogP contribution in [0.3, 0.4) is 0 Å². The molecule has 1 atom stereocenters. The van der Waals surface area contributed by atoms with Crippen LogP contribution in [-0.2, 0) is 11.4 Å². The van der Waals surface area contributed by atoms with E-state index in [0.717, 1.165) is 36.5 Å². The van der Waals surface area contributed by atoms with Crippen LogP contribution in [0.1, 0.15) is 24.8 Å². The number of rotatable bonds is 7. The van der Waals surface area contributed by atoms with E-state index >= 15 is 0 Å². The molecule has 5 nitrogen and oxygen atoms in total. The van der Waals surface area contributed by atoms with Crippen LogP contribution in [0, 0.1) is 5.92 Å². The molecule has 1 aliphatic rings. The third kappa shape index (κ3) is 5.06. The second-order valence-corrected chi connectivity index (χ2v) is 6.11. The number of aromatic nitrogens is 1. The maximum Gasteiger partial charge on any atom is 0.224 e. The van der Waals surface area contributed by atoms with E-state index in [1.165, 1.54) is 6.42 Å². The number of anilines is 1. The smallest absolute Gasteiger partial charge is 0.224 e. The highest BCUT2D eigenvalue weighted by Crippen LogP contribution is 2.18. The van der Waals surface area contributed by atoms with Gasteiger partial charge >= 0.3 is 0 Å². The highest BCUT2D eigenvalue weighted by molar-refractivity contribution is 5.90. The molecule has 0 saturated carbocycles. The highest BCUT2D eigenvalue weighted by Gasteiger charge is 2.15. The Hall–Kier alpha value is -2.40. The molecule has 0 bridgehead atoms. The summed E-state index contributed by atoms with van der Waals surface area (Å²) in [4.78, 5) is 16.0. The molecule has 0 spiro atoms. The van der Waals surface area contributed by atoms with E-state index in [-0.39, 0.29) is 5.91 Å². The van der Waals surface area contributed by atoms with Gasteiger partial charge in [-0.25, -0.2) is 0 Å². The summed E-state index contributed by atoms with van der Waals surface area (Å²) in [5.41, 5.74) is 1.88. The standard InChI is InChI=1S/C19H23N3O2/c23-19(6-1-15-7-12-21-13-15)22-17-2-4-18(5-3-17)24-14-16-8-10-20-11-9-16/h2-5,8-11,15,21H,1,6-7,12-14H2,(H,22,23). The predicted octanol–water partition coefficient (Wildman–Crippen LogP) is 2.99. The third-order valence-electron chi connectivity index (χ3n) is 4.23. The van der Waals surface area contributed by atoms with E-state index in [2.05, 4.69) is 15.6 Å². The van der Waals surface area contributed by atoms with Crippen LogP contribution in [-0.4, -0.2) is 24.0 Å². The number of ether oxygens (including phenoxy) is 1. The van der Waals surface area contributed by atoms with Crippen molar-refractivity contribution in [3.63, 3.8) is 0 Å². The second-order valence-electron chi connectivity index (χ2n) is 6.11. The summed E-state index contributed by atoms with van der Waals surface area (Å²) in [6.07, 6.45) is 6.20. The largest absolute Gasteiger partial charge is 0.489 e. The Labute approximate surface area is 142 Å². The Morgan fingerprint density at radius 1 is 1.21 bits per heavy atom. The van der Waals surface area contributed by atoms with Crippen LogP contribution in [0.25, 0.3) is 0 Å². The van der Waals surface area contributed by atoms with Gasteiger partial charge in [-0.3, -0.25) is 9.78 Å². The van der Waals surface area contributed by atoms with E-state index < -0.39 is 0 Å². The number of hydrogen-bond acceptors (Lipinski definition) is 4. The van der Waals surface area contributed by atoms with Crippen molar-refractivity contribution in [3.8, 4) is 5.75 Å². The van der Waals surface area contributed by atoms with Gasteiger partial charge in [0, 0.05) is 24.5 Å². The summed E-state index contributed by atoms with van der Waals surface area (Å²) < 4.78 is 5.72. The van der Waals surface area contributed by atoms with Crippen molar-refractivity contribution < 1.29 is 9.53 Å². The van der Waals surface area contributed by atoms with Crippen LogP contribution in [0.2, 0.25) is 0 Å². The van der Waals surface area contributed by atoms with Crippen molar-refractivity contribution in [2.45, 2.75) is 25.9 Å². The van der Waals surface area contributed by atoms with Gasteiger partial charge in [-0.1, -0.05) is 0 Å². The minimum atomic E-state index is 0.0763. The lowest BCUT2D eigenvalue weighted by atomic mass is 10.0.